The van der Waals surface area contributed by atoms with Crippen molar-refractivity contribution in [1.82, 2.24) is 9.55 Å². The Hall–Kier alpha value is -8.10. The summed E-state index contributed by atoms with van der Waals surface area (Å²) in [5.41, 5.74) is 17.9. The molecule has 0 N–H and O–H groups in total. The van der Waals surface area contributed by atoms with Crippen LogP contribution in [0.4, 0.5) is 56.9 Å². The van der Waals surface area contributed by atoms with E-state index in [9.17, 15) is 0 Å². The van der Waals surface area contributed by atoms with Gasteiger partial charge in [-0.1, -0.05) is 128 Å². The Bertz CT molecular complexity index is 3970. The van der Waals surface area contributed by atoms with Gasteiger partial charge in [-0.05, 0) is 94.4 Å². The molecule has 9 aromatic carbocycles. The number of aromatic nitrogens is 2. The third-order valence-corrected chi connectivity index (χ3v) is 18.5. The molecule has 0 fully saturated rings. The van der Waals surface area contributed by atoms with Gasteiger partial charge < -0.3 is 28.9 Å². The minimum Gasteiger partial charge on any atom is -0.509 e. The molecule has 0 bridgehead atoms. The predicted octanol–water partition coefficient (Wildman–Crippen LogP) is 12.2. The van der Waals surface area contributed by atoms with Crippen molar-refractivity contribution in [2.24, 2.45) is 0 Å². The van der Waals surface area contributed by atoms with Crippen LogP contribution in [0.15, 0.2) is 212 Å². The van der Waals surface area contributed by atoms with Crippen LogP contribution in [0.1, 0.15) is 0 Å². The van der Waals surface area contributed by atoms with E-state index in [2.05, 4.69) is 256 Å². The molecule has 0 unspecified atom stereocenters. The molecule has 0 saturated heterocycles. The zero-order valence-corrected chi connectivity index (χ0v) is 42.5. The number of nitrogens with zero attached hydrogens (tertiary/aromatic N) is 6. The number of rotatable bonds is 6. The van der Waals surface area contributed by atoms with Crippen LogP contribution >= 0.6 is 0 Å². The van der Waals surface area contributed by atoms with E-state index in [1.165, 1.54) is 43.8 Å². The quantitative estimate of drug-likeness (QED) is 0.122. The summed E-state index contributed by atoms with van der Waals surface area (Å²) in [5.74, 6) is 1.22. The number of fused-ring (bicyclic) bond motifs is 10. The zero-order valence-electron chi connectivity index (χ0n) is 39.3. The van der Waals surface area contributed by atoms with Crippen molar-refractivity contribution in [2.45, 2.75) is 13.1 Å². The summed E-state index contributed by atoms with van der Waals surface area (Å²) >= 11 is 0. The Morgan fingerprint density at radius 3 is 1.89 bits per heavy atom. The van der Waals surface area contributed by atoms with Crippen molar-refractivity contribution in [3.63, 3.8) is 0 Å². The second-order valence-electron chi connectivity index (χ2n) is 19.2. The third kappa shape index (κ3) is 6.11. The van der Waals surface area contributed by atoms with Gasteiger partial charge in [0.15, 0.2) is 0 Å². The van der Waals surface area contributed by atoms with Gasteiger partial charge in [0.1, 0.15) is 5.65 Å². The second kappa shape index (κ2) is 16.2. The molecule has 15 rings (SSSR count). The van der Waals surface area contributed by atoms with E-state index in [1.54, 1.807) is 0 Å². The van der Waals surface area contributed by atoms with E-state index in [-0.39, 0.29) is 27.8 Å². The van der Waals surface area contributed by atoms with Gasteiger partial charge in [0.2, 0.25) is 0 Å². The normalized spacial score (nSPS) is 14.3. The Morgan fingerprint density at radius 2 is 1.15 bits per heavy atom. The van der Waals surface area contributed by atoms with Gasteiger partial charge in [-0.3, -0.25) is 0 Å². The minimum absolute atomic E-state index is 0. The fraction of sp³-hybridized carbons (Fsp3) is 0.0323. The average molecular weight is 1120 g/mol. The first kappa shape index (κ1) is 42.8. The fourth-order valence-electron chi connectivity index (χ4n) is 12.0. The van der Waals surface area contributed by atoms with Gasteiger partial charge in [-0.25, -0.2) is 4.98 Å². The maximum Gasteiger partial charge on any atom is 0.252 e. The molecule has 0 radical (unpaired) electrons. The zero-order chi connectivity index (χ0) is 47.0. The van der Waals surface area contributed by atoms with Gasteiger partial charge in [0, 0.05) is 95.0 Å². The molecule has 0 atom stereocenters. The Balaban J connectivity index is 0.00000482. The second-order valence-corrected chi connectivity index (χ2v) is 23.6. The molecule has 6 heterocycles. The van der Waals surface area contributed by atoms with Crippen LogP contribution in [0.5, 0.6) is 11.5 Å². The number of pyridine rings is 1. The van der Waals surface area contributed by atoms with Gasteiger partial charge in [0.25, 0.3) is 6.71 Å². The number of para-hydroxylation sites is 6. The van der Waals surface area contributed by atoms with E-state index < -0.39 is 8.07 Å². The van der Waals surface area contributed by atoms with Crippen molar-refractivity contribution in [3.8, 4) is 17.2 Å². The van der Waals surface area contributed by atoms with Crippen molar-refractivity contribution in [1.29, 1.82) is 0 Å². The summed E-state index contributed by atoms with van der Waals surface area (Å²) in [4.78, 5) is 14.7. The van der Waals surface area contributed by atoms with Gasteiger partial charge >= 0.3 is 0 Å². The monoisotopic (exact) mass is 1120 g/mol. The number of hydrogen-bond acceptors (Lipinski definition) is 6. The van der Waals surface area contributed by atoms with Crippen molar-refractivity contribution in [3.05, 3.63) is 231 Å². The average Bonchev–Trinajstić information content (AvgIpc) is 3.98. The summed E-state index contributed by atoms with van der Waals surface area (Å²) in [6, 6.07) is 81.5. The minimum atomic E-state index is -2.12. The third-order valence-electron chi connectivity index (χ3n) is 15.0. The molecule has 346 valence electrons. The maximum absolute atomic E-state index is 6.87. The molecular formula is C62H42BN6OPtSi-3. The first-order chi connectivity index (χ1) is 35.0. The SMILES string of the molecule is C[Si]1(C)c2ccc(Oc3[c-]c(-n4c5cc6c7c(c5c5cccnc54)N(c4ccccc4)c4ccccc4B7c4ccccc4N6c4ccccc4)ccc3)[c-]c2N2[CH-]N(c3ccccc3)c3cccc1c32.[Pt]. The van der Waals surface area contributed by atoms with Crippen molar-refractivity contribution in [2.75, 3.05) is 19.6 Å². The summed E-state index contributed by atoms with van der Waals surface area (Å²) in [5, 5.41) is 4.93. The van der Waals surface area contributed by atoms with Gasteiger partial charge in [-0.15, -0.1) is 42.2 Å². The van der Waals surface area contributed by atoms with Crippen molar-refractivity contribution >= 4 is 120 Å². The van der Waals surface area contributed by atoms with Crippen LogP contribution in [-0.2, 0) is 21.1 Å². The van der Waals surface area contributed by atoms with Crippen LogP contribution in [0.2, 0.25) is 13.1 Å². The molecule has 4 aliphatic heterocycles. The van der Waals surface area contributed by atoms with Gasteiger partial charge in [-0.2, -0.15) is 12.1 Å². The molecule has 10 heteroatoms. The maximum atomic E-state index is 6.87. The molecule has 0 aliphatic carbocycles. The Labute approximate surface area is 434 Å². The molecule has 72 heavy (non-hydrogen) atoms. The van der Waals surface area contributed by atoms with Crippen LogP contribution in [-0.4, -0.2) is 24.3 Å². The summed E-state index contributed by atoms with van der Waals surface area (Å²) in [6.45, 7) is 7.07. The Morgan fingerprint density at radius 1 is 0.528 bits per heavy atom. The molecule has 11 aromatic rings. The number of ether oxygens (including phenoxy) is 1. The van der Waals surface area contributed by atoms with E-state index >= 15 is 0 Å². The van der Waals surface area contributed by atoms with E-state index in [4.69, 9.17) is 9.72 Å². The summed E-state index contributed by atoms with van der Waals surface area (Å²) in [7, 11) is -2.12. The van der Waals surface area contributed by atoms with E-state index in [1.807, 2.05) is 12.3 Å². The molecular weight excluding hydrogens is 1080 g/mol. The van der Waals surface area contributed by atoms with E-state index in [0.717, 1.165) is 67.4 Å². The van der Waals surface area contributed by atoms with Crippen LogP contribution < -0.4 is 51.1 Å². The standard InChI is InChI=1S/C62H42BN6OSi.Pt/c1-71(2)56-35-34-46(38-53(56)66-40-65(41-19-6-3-7-20-41)52-32-17-33-57(71)60(52)66)70-45-26-16-25-44(37-45)69-54-39-55-59-61(58(54)47-27-18-36-64-62(47)69)68(43-23-10-5-11-24-43)51-31-15-13-29-49(51)63(59)48-28-12-14-30-50(48)67(55)42-21-8-4-9-22-42;/h3-36,39-40H,1-2H3;/q-3;. The molecule has 0 amide bonds. The largest absolute Gasteiger partial charge is 0.509 e. The predicted molar refractivity (Wildman–Crippen MR) is 295 cm³/mol. The number of anilines is 10. The van der Waals surface area contributed by atoms with Gasteiger partial charge in [0.05, 0.1) is 19.3 Å². The van der Waals surface area contributed by atoms with E-state index in [0.29, 0.717) is 11.5 Å². The number of hydrogen-bond donors (Lipinski definition) is 0. The molecule has 0 saturated carbocycles. The van der Waals surface area contributed by atoms with Crippen LogP contribution in [0.3, 0.4) is 0 Å². The van der Waals surface area contributed by atoms with Crippen LogP contribution in [0, 0.1) is 18.8 Å². The molecule has 4 aliphatic rings. The molecule has 7 nitrogen and oxygen atoms in total. The first-order valence-corrected chi connectivity index (χ1v) is 27.2. The molecule has 2 aromatic heterocycles. The summed E-state index contributed by atoms with van der Waals surface area (Å²) < 4.78 is 9.15. The smallest absolute Gasteiger partial charge is 0.252 e. The number of benzene rings is 9. The topological polar surface area (TPSA) is 40.0 Å². The fourth-order valence-corrected chi connectivity index (χ4v) is 14.9. The summed E-state index contributed by atoms with van der Waals surface area (Å²) in [6.07, 6.45) is 1.90. The van der Waals surface area contributed by atoms with Crippen molar-refractivity contribution < 1.29 is 25.8 Å². The Kier molecular flexibility index (Phi) is 9.63. The van der Waals surface area contributed by atoms with Crippen LogP contribution in [0.25, 0.3) is 27.6 Å². The first-order valence-electron chi connectivity index (χ1n) is 24.2. The molecule has 0 spiro atoms.